The summed E-state index contributed by atoms with van der Waals surface area (Å²) in [5.41, 5.74) is 0.135. The van der Waals surface area contributed by atoms with E-state index in [0.29, 0.717) is 11.9 Å². The van der Waals surface area contributed by atoms with Gasteiger partial charge in [0.2, 0.25) is 0 Å². The number of halogens is 1. The standard InChI is InChI=1S/C14H17FN6O/c15-11-7-3-4-8-12(11)17-14(22)16-9-13-18-19-20-21(13)10-5-1-2-6-10/h3-4,7-8,10H,1-2,5-6,9H2,(H2,16,17,22). The zero-order valence-electron chi connectivity index (χ0n) is 12.0. The van der Waals surface area contributed by atoms with E-state index >= 15 is 0 Å². The zero-order valence-corrected chi connectivity index (χ0v) is 12.0. The number of urea groups is 1. The lowest BCUT2D eigenvalue weighted by Gasteiger charge is -2.12. The van der Waals surface area contributed by atoms with Gasteiger partial charge in [-0.15, -0.1) is 5.10 Å². The van der Waals surface area contributed by atoms with Gasteiger partial charge in [-0.1, -0.05) is 25.0 Å². The van der Waals surface area contributed by atoms with Crippen molar-refractivity contribution in [1.29, 1.82) is 0 Å². The number of carbonyl (C=O) groups excluding carboxylic acids is 1. The molecule has 1 aromatic carbocycles. The molecule has 0 saturated heterocycles. The molecule has 116 valence electrons. The topological polar surface area (TPSA) is 84.7 Å². The van der Waals surface area contributed by atoms with E-state index in [4.69, 9.17) is 0 Å². The number of hydrogen-bond donors (Lipinski definition) is 2. The number of aromatic nitrogens is 4. The van der Waals surface area contributed by atoms with Crippen LogP contribution in [0.25, 0.3) is 0 Å². The van der Waals surface area contributed by atoms with Crippen LogP contribution in [-0.4, -0.2) is 26.2 Å². The first-order valence-corrected chi connectivity index (χ1v) is 7.30. The number of carbonyl (C=O) groups is 1. The lowest BCUT2D eigenvalue weighted by atomic mass is 10.2. The number of para-hydroxylation sites is 1. The summed E-state index contributed by atoms with van der Waals surface area (Å²) >= 11 is 0. The first kappa shape index (κ1) is 14.4. The molecule has 0 radical (unpaired) electrons. The Bertz CT molecular complexity index is 652. The van der Waals surface area contributed by atoms with Crippen LogP contribution in [0, 0.1) is 5.82 Å². The molecule has 22 heavy (non-hydrogen) atoms. The molecule has 0 unspecified atom stereocenters. The van der Waals surface area contributed by atoms with Gasteiger partial charge in [-0.2, -0.15) is 0 Å². The van der Waals surface area contributed by atoms with Crippen molar-refractivity contribution in [1.82, 2.24) is 25.5 Å². The minimum Gasteiger partial charge on any atom is -0.331 e. The summed E-state index contributed by atoms with van der Waals surface area (Å²) < 4.78 is 15.2. The second kappa shape index (κ2) is 6.50. The second-order valence-corrected chi connectivity index (χ2v) is 5.27. The average molecular weight is 304 g/mol. The number of amides is 2. The van der Waals surface area contributed by atoms with E-state index in [-0.39, 0.29) is 12.2 Å². The molecule has 1 fully saturated rings. The van der Waals surface area contributed by atoms with Crippen LogP contribution in [0.2, 0.25) is 0 Å². The maximum Gasteiger partial charge on any atom is 0.319 e. The fraction of sp³-hybridized carbons (Fsp3) is 0.429. The van der Waals surface area contributed by atoms with Crippen LogP contribution in [0.5, 0.6) is 0 Å². The smallest absolute Gasteiger partial charge is 0.319 e. The minimum absolute atomic E-state index is 0.135. The molecule has 1 aliphatic rings. The molecule has 0 bridgehead atoms. The Balaban J connectivity index is 1.57. The molecule has 3 rings (SSSR count). The van der Waals surface area contributed by atoms with Gasteiger partial charge in [0.25, 0.3) is 0 Å². The third kappa shape index (κ3) is 3.21. The summed E-state index contributed by atoms with van der Waals surface area (Å²) in [4.78, 5) is 11.8. The lowest BCUT2D eigenvalue weighted by Crippen LogP contribution is -2.30. The van der Waals surface area contributed by atoms with Crippen LogP contribution in [0.15, 0.2) is 24.3 Å². The lowest BCUT2D eigenvalue weighted by molar-refractivity contribution is 0.251. The van der Waals surface area contributed by atoms with Crippen molar-refractivity contribution in [3.8, 4) is 0 Å². The number of anilines is 1. The number of benzene rings is 1. The van der Waals surface area contributed by atoms with Gasteiger partial charge >= 0.3 is 6.03 Å². The van der Waals surface area contributed by atoms with Gasteiger partial charge in [0.1, 0.15) is 5.82 Å². The Morgan fingerprint density at radius 2 is 2.09 bits per heavy atom. The van der Waals surface area contributed by atoms with Crippen LogP contribution in [0.4, 0.5) is 14.9 Å². The van der Waals surface area contributed by atoms with Crippen LogP contribution in [0.1, 0.15) is 37.5 Å². The molecule has 0 spiro atoms. The van der Waals surface area contributed by atoms with Crippen molar-refractivity contribution in [2.45, 2.75) is 38.3 Å². The van der Waals surface area contributed by atoms with Crippen molar-refractivity contribution in [2.75, 3.05) is 5.32 Å². The van der Waals surface area contributed by atoms with Gasteiger partial charge < -0.3 is 10.6 Å². The van der Waals surface area contributed by atoms with E-state index in [9.17, 15) is 9.18 Å². The molecule has 2 N–H and O–H groups in total. The van der Waals surface area contributed by atoms with Gasteiger partial charge in [0, 0.05) is 0 Å². The SMILES string of the molecule is O=C(NCc1nnnn1C1CCCC1)Nc1ccccc1F. The molecule has 2 amide bonds. The van der Waals surface area contributed by atoms with Crippen molar-refractivity contribution in [3.05, 3.63) is 35.9 Å². The van der Waals surface area contributed by atoms with E-state index < -0.39 is 11.8 Å². The molecule has 0 aliphatic heterocycles. The summed E-state index contributed by atoms with van der Waals surface area (Å²) in [6.07, 6.45) is 4.45. The van der Waals surface area contributed by atoms with E-state index in [1.165, 1.54) is 25.0 Å². The van der Waals surface area contributed by atoms with Crippen LogP contribution < -0.4 is 10.6 Å². The van der Waals surface area contributed by atoms with Crippen molar-refractivity contribution in [3.63, 3.8) is 0 Å². The fourth-order valence-electron chi connectivity index (χ4n) is 2.65. The molecule has 1 heterocycles. The zero-order chi connectivity index (χ0) is 15.4. The molecule has 1 aliphatic carbocycles. The van der Waals surface area contributed by atoms with Gasteiger partial charge in [0.15, 0.2) is 5.82 Å². The molecule has 2 aromatic rings. The summed E-state index contributed by atoms with van der Waals surface area (Å²) in [5.74, 6) is 0.129. The van der Waals surface area contributed by atoms with Crippen molar-refractivity contribution >= 4 is 11.7 Å². The fourth-order valence-corrected chi connectivity index (χ4v) is 2.65. The van der Waals surface area contributed by atoms with Gasteiger partial charge in [-0.05, 0) is 35.4 Å². The minimum atomic E-state index is -0.494. The Hall–Kier alpha value is -2.51. The third-order valence-electron chi connectivity index (χ3n) is 3.76. The van der Waals surface area contributed by atoms with E-state index in [0.717, 1.165) is 12.8 Å². The maximum atomic E-state index is 13.5. The average Bonchev–Trinajstić information content (AvgIpc) is 3.18. The van der Waals surface area contributed by atoms with E-state index in [2.05, 4.69) is 26.2 Å². The van der Waals surface area contributed by atoms with Gasteiger partial charge in [-0.25, -0.2) is 13.9 Å². The van der Waals surface area contributed by atoms with Gasteiger partial charge in [-0.3, -0.25) is 0 Å². The summed E-state index contributed by atoms with van der Waals surface area (Å²) in [6, 6.07) is 5.81. The number of rotatable bonds is 4. The highest BCUT2D eigenvalue weighted by Crippen LogP contribution is 2.28. The number of nitrogens with zero attached hydrogens (tertiary/aromatic N) is 4. The number of tetrazole rings is 1. The maximum absolute atomic E-state index is 13.5. The summed E-state index contributed by atoms with van der Waals surface area (Å²) in [7, 11) is 0. The largest absolute Gasteiger partial charge is 0.331 e. The number of nitrogens with one attached hydrogen (secondary N) is 2. The van der Waals surface area contributed by atoms with Crippen molar-refractivity contribution < 1.29 is 9.18 Å². The summed E-state index contributed by atoms with van der Waals surface area (Å²) in [5, 5.41) is 16.7. The highest BCUT2D eigenvalue weighted by molar-refractivity contribution is 5.89. The molecular formula is C14H17FN6O. The van der Waals surface area contributed by atoms with E-state index in [1.54, 1.807) is 16.8 Å². The normalized spacial score (nSPS) is 15.0. The Labute approximate surface area is 126 Å². The first-order chi connectivity index (χ1) is 10.7. The molecule has 7 nitrogen and oxygen atoms in total. The molecule has 1 aromatic heterocycles. The van der Waals surface area contributed by atoms with Crippen LogP contribution >= 0.6 is 0 Å². The van der Waals surface area contributed by atoms with Crippen LogP contribution in [-0.2, 0) is 6.54 Å². The van der Waals surface area contributed by atoms with E-state index in [1.807, 2.05) is 0 Å². The third-order valence-corrected chi connectivity index (χ3v) is 3.76. The second-order valence-electron chi connectivity index (χ2n) is 5.27. The number of hydrogen-bond acceptors (Lipinski definition) is 4. The summed E-state index contributed by atoms with van der Waals surface area (Å²) in [6.45, 7) is 0.198. The Morgan fingerprint density at radius 3 is 2.86 bits per heavy atom. The Kier molecular flexibility index (Phi) is 4.27. The molecule has 0 atom stereocenters. The highest BCUT2D eigenvalue weighted by Gasteiger charge is 2.21. The Morgan fingerprint density at radius 1 is 1.32 bits per heavy atom. The molecule has 8 heteroatoms. The predicted octanol–water partition coefficient (Wildman–Crippen LogP) is 2.25. The first-order valence-electron chi connectivity index (χ1n) is 7.30. The van der Waals surface area contributed by atoms with Crippen LogP contribution in [0.3, 0.4) is 0 Å². The van der Waals surface area contributed by atoms with Crippen molar-refractivity contribution in [2.24, 2.45) is 0 Å². The monoisotopic (exact) mass is 304 g/mol. The highest BCUT2D eigenvalue weighted by atomic mass is 19.1. The molecular weight excluding hydrogens is 287 g/mol. The predicted molar refractivity (Wildman–Crippen MR) is 77.6 cm³/mol. The molecule has 1 saturated carbocycles. The quantitative estimate of drug-likeness (QED) is 0.907. The van der Waals surface area contributed by atoms with Gasteiger partial charge in [0.05, 0.1) is 18.3 Å².